The molecule has 1 atom stereocenters. The Kier molecular flexibility index (Phi) is 4.57. The summed E-state index contributed by atoms with van der Waals surface area (Å²) < 4.78 is 0. The van der Waals surface area contributed by atoms with Gasteiger partial charge in [0, 0.05) is 29.7 Å². The van der Waals surface area contributed by atoms with Crippen LogP contribution in [0.2, 0.25) is 5.02 Å². The van der Waals surface area contributed by atoms with Gasteiger partial charge >= 0.3 is 0 Å². The standard InChI is InChI=1S/C13H16ClN3O3/c14-11-3-4-12(17(19)20)10(6-11)8-16-5-1-2-9(7-16)13(15)18/h3-4,6,9H,1-2,5,7-8H2,(H2,15,18)/t9-/m0/s1. The molecule has 1 aliphatic heterocycles. The van der Waals surface area contributed by atoms with Gasteiger partial charge in [0.25, 0.3) is 5.69 Å². The molecular formula is C13H16ClN3O3. The molecule has 7 heteroatoms. The molecule has 0 spiro atoms. The highest BCUT2D eigenvalue weighted by Crippen LogP contribution is 2.26. The van der Waals surface area contributed by atoms with Crippen LogP contribution in [0.15, 0.2) is 18.2 Å². The number of amides is 1. The van der Waals surface area contributed by atoms with Gasteiger partial charge in [-0.15, -0.1) is 0 Å². The number of carbonyl (C=O) groups is 1. The van der Waals surface area contributed by atoms with Crippen LogP contribution in [0.4, 0.5) is 5.69 Å². The molecule has 1 saturated heterocycles. The number of piperidine rings is 1. The molecule has 1 aliphatic rings. The molecule has 0 aliphatic carbocycles. The number of benzene rings is 1. The van der Waals surface area contributed by atoms with E-state index in [-0.39, 0.29) is 17.5 Å². The predicted octanol–water partition coefficient (Wildman–Crippen LogP) is 1.95. The second kappa shape index (κ2) is 6.19. The van der Waals surface area contributed by atoms with Crippen molar-refractivity contribution < 1.29 is 9.72 Å². The SMILES string of the molecule is NC(=O)[C@H]1CCCN(Cc2cc(Cl)ccc2[N+](=O)[O-])C1. The summed E-state index contributed by atoms with van der Waals surface area (Å²) in [6.45, 7) is 1.74. The fourth-order valence-electron chi connectivity index (χ4n) is 2.53. The van der Waals surface area contributed by atoms with Crippen molar-refractivity contribution in [1.82, 2.24) is 4.90 Å². The third-order valence-corrected chi connectivity index (χ3v) is 3.78. The van der Waals surface area contributed by atoms with Gasteiger partial charge in [0.1, 0.15) is 0 Å². The van der Waals surface area contributed by atoms with E-state index < -0.39 is 4.92 Å². The zero-order valence-electron chi connectivity index (χ0n) is 10.9. The van der Waals surface area contributed by atoms with Gasteiger partial charge in [0.05, 0.1) is 10.8 Å². The van der Waals surface area contributed by atoms with E-state index in [1.165, 1.54) is 12.1 Å². The Labute approximate surface area is 121 Å². The summed E-state index contributed by atoms with van der Waals surface area (Å²) in [6, 6.07) is 4.52. The molecule has 108 valence electrons. The lowest BCUT2D eigenvalue weighted by atomic mass is 9.97. The first kappa shape index (κ1) is 14.7. The van der Waals surface area contributed by atoms with Gasteiger partial charge < -0.3 is 5.73 Å². The molecule has 0 radical (unpaired) electrons. The number of rotatable bonds is 4. The smallest absolute Gasteiger partial charge is 0.273 e. The summed E-state index contributed by atoms with van der Waals surface area (Å²) >= 11 is 5.90. The summed E-state index contributed by atoms with van der Waals surface area (Å²) in [6.07, 6.45) is 1.64. The molecule has 1 aromatic rings. The first-order chi connectivity index (χ1) is 9.47. The van der Waals surface area contributed by atoms with E-state index >= 15 is 0 Å². The molecule has 0 aromatic heterocycles. The third-order valence-electron chi connectivity index (χ3n) is 3.54. The topological polar surface area (TPSA) is 89.5 Å². The summed E-state index contributed by atoms with van der Waals surface area (Å²) in [5.41, 5.74) is 5.94. The summed E-state index contributed by atoms with van der Waals surface area (Å²) in [4.78, 5) is 23.9. The number of nitrogens with two attached hydrogens (primary N) is 1. The molecule has 1 fully saturated rings. The van der Waals surface area contributed by atoms with Crippen molar-refractivity contribution in [2.75, 3.05) is 13.1 Å². The fourth-order valence-corrected chi connectivity index (χ4v) is 2.73. The Hall–Kier alpha value is -1.66. The van der Waals surface area contributed by atoms with Gasteiger partial charge in [-0.05, 0) is 31.5 Å². The summed E-state index contributed by atoms with van der Waals surface area (Å²) in [7, 11) is 0. The second-order valence-electron chi connectivity index (χ2n) is 5.01. The number of hydrogen-bond acceptors (Lipinski definition) is 4. The normalized spacial score (nSPS) is 19.8. The van der Waals surface area contributed by atoms with Crippen molar-refractivity contribution in [3.8, 4) is 0 Å². The molecule has 0 unspecified atom stereocenters. The lowest BCUT2D eigenvalue weighted by molar-refractivity contribution is -0.385. The Morgan fingerprint density at radius 3 is 2.95 bits per heavy atom. The molecule has 6 nitrogen and oxygen atoms in total. The van der Waals surface area contributed by atoms with Crippen molar-refractivity contribution >= 4 is 23.2 Å². The van der Waals surface area contributed by atoms with E-state index in [4.69, 9.17) is 17.3 Å². The van der Waals surface area contributed by atoms with Crippen LogP contribution in [0.1, 0.15) is 18.4 Å². The van der Waals surface area contributed by atoms with Gasteiger partial charge in [-0.2, -0.15) is 0 Å². The number of nitrogens with zero attached hydrogens (tertiary/aromatic N) is 2. The Morgan fingerprint density at radius 2 is 2.30 bits per heavy atom. The van der Waals surface area contributed by atoms with Crippen LogP contribution in [0.25, 0.3) is 0 Å². The quantitative estimate of drug-likeness (QED) is 0.679. The average Bonchev–Trinajstić information content (AvgIpc) is 2.38. The van der Waals surface area contributed by atoms with Gasteiger partial charge in [-0.1, -0.05) is 11.6 Å². The van der Waals surface area contributed by atoms with Crippen molar-refractivity contribution in [3.63, 3.8) is 0 Å². The Balaban J connectivity index is 2.15. The maximum absolute atomic E-state index is 11.2. The zero-order chi connectivity index (χ0) is 14.7. The monoisotopic (exact) mass is 297 g/mol. The van der Waals surface area contributed by atoms with Crippen molar-refractivity contribution in [3.05, 3.63) is 38.9 Å². The first-order valence-electron chi connectivity index (χ1n) is 6.42. The Morgan fingerprint density at radius 1 is 1.55 bits per heavy atom. The fraction of sp³-hybridized carbons (Fsp3) is 0.462. The van der Waals surface area contributed by atoms with Crippen molar-refractivity contribution in [1.29, 1.82) is 0 Å². The highest BCUT2D eigenvalue weighted by atomic mass is 35.5. The van der Waals surface area contributed by atoms with E-state index in [1.807, 2.05) is 4.90 Å². The van der Waals surface area contributed by atoms with Gasteiger partial charge in [0.2, 0.25) is 5.91 Å². The van der Waals surface area contributed by atoms with Gasteiger partial charge in [-0.3, -0.25) is 19.8 Å². The predicted molar refractivity (Wildman–Crippen MR) is 75.3 cm³/mol. The molecule has 2 rings (SSSR count). The Bertz CT molecular complexity index is 536. The summed E-state index contributed by atoms with van der Waals surface area (Å²) in [5.74, 6) is -0.489. The van der Waals surface area contributed by atoms with Crippen LogP contribution in [-0.2, 0) is 11.3 Å². The number of nitro benzene ring substituents is 1. The first-order valence-corrected chi connectivity index (χ1v) is 6.79. The second-order valence-corrected chi connectivity index (χ2v) is 5.44. The van der Waals surface area contributed by atoms with Crippen LogP contribution >= 0.6 is 11.6 Å². The van der Waals surface area contributed by atoms with Gasteiger partial charge in [-0.25, -0.2) is 0 Å². The lowest BCUT2D eigenvalue weighted by Crippen LogP contribution is -2.40. The van der Waals surface area contributed by atoms with Crippen LogP contribution in [0, 0.1) is 16.0 Å². The van der Waals surface area contributed by atoms with Crippen LogP contribution in [0.3, 0.4) is 0 Å². The number of primary amides is 1. The van der Waals surface area contributed by atoms with Gasteiger partial charge in [0.15, 0.2) is 0 Å². The molecule has 0 bridgehead atoms. The van der Waals surface area contributed by atoms with E-state index in [9.17, 15) is 14.9 Å². The highest BCUT2D eigenvalue weighted by molar-refractivity contribution is 6.30. The number of nitro groups is 1. The third kappa shape index (κ3) is 3.46. The molecule has 1 amide bonds. The van der Waals surface area contributed by atoms with Crippen molar-refractivity contribution in [2.45, 2.75) is 19.4 Å². The van der Waals surface area contributed by atoms with Crippen LogP contribution in [-0.4, -0.2) is 28.8 Å². The molecular weight excluding hydrogens is 282 g/mol. The van der Waals surface area contributed by atoms with E-state index in [0.717, 1.165) is 19.4 Å². The van der Waals surface area contributed by atoms with E-state index in [1.54, 1.807) is 6.07 Å². The lowest BCUT2D eigenvalue weighted by Gasteiger charge is -2.30. The maximum atomic E-state index is 11.2. The number of carbonyl (C=O) groups excluding carboxylic acids is 1. The minimum atomic E-state index is -0.415. The van der Waals surface area contributed by atoms with E-state index in [0.29, 0.717) is 23.7 Å². The summed E-state index contributed by atoms with van der Waals surface area (Å²) in [5, 5.41) is 11.5. The van der Waals surface area contributed by atoms with Crippen LogP contribution in [0.5, 0.6) is 0 Å². The number of hydrogen-bond donors (Lipinski definition) is 1. The average molecular weight is 298 g/mol. The molecule has 1 heterocycles. The minimum absolute atomic E-state index is 0.0515. The van der Waals surface area contributed by atoms with E-state index in [2.05, 4.69) is 0 Å². The van der Waals surface area contributed by atoms with Crippen molar-refractivity contribution in [2.24, 2.45) is 11.7 Å². The molecule has 1 aromatic carbocycles. The van der Waals surface area contributed by atoms with Crippen LogP contribution < -0.4 is 5.73 Å². The number of halogens is 1. The molecule has 0 saturated carbocycles. The maximum Gasteiger partial charge on any atom is 0.273 e. The zero-order valence-corrected chi connectivity index (χ0v) is 11.7. The number of likely N-dealkylation sites (tertiary alicyclic amines) is 1. The minimum Gasteiger partial charge on any atom is -0.369 e. The highest BCUT2D eigenvalue weighted by Gasteiger charge is 2.25. The molecule has 2 N–H and O–H groups in total. The molecule has 20 heavy (non-hydrogen) atoms. The largest absolute Gasteiger partial charge is 0.369 e.